The highest BCUT2D eigenvalue weighted by Gasteiger charge is 2.40. The van der Waals surface area contributed by atoms with Gasteiger partial charge in [-0.25, -0.2) is 22.8 Å². The molecule has 38 heavy (non-hydrogen) atoms. The molecule has 2 atom stereocenters. The number of piperazine rings is 1. The maximum absolute atomic E-state index is 14.8. The number of thioether (sulfide) groups is 1. The molecule has 2 aromatic carbocycles. The Kier molecular flexibility index (Phi) is 7.52. The van der Waals surface area contributed by atoms with Crippen LogP contribution in [0.5, 0.6) is 0 Å². The van der Waals surface area contributed by atoms with Crippen LogP contribution in [0, 0.1) is 17.5 Å². The lowest BCUT2D eigenvalue weighted by Gasteiger charge is -2.36. The Labute approximate surface area is 222 Å². The molecule has 0 radical (unpaired) electrons. The summed E-state index contributed by atoms with van der Waals surface area (Å²) in [5.74, 6) is -1.10. The van der Waals surface area contributed by atoms with Crippen LogP contribution in [0.2, 0.25) is 0 Å². The highest BCUT2D eigenvalue weighted by atomic mass is 32.2. The van der Waals surface area contributed by atoms with Crippen LogP contribution in [-0.4, -0.2) is 61.5 Å². The summed E-state index contributed by atoms with van der Waals surface area (Å²) in [6, 6.07) is 13.3. The molecule has 4 aromatic rings. The van der Waals surface area contributed by atoms with Gasteiger partial charge in [0.15, 0.2) is 5.82 Å². The second-order valence-electron chi connectivity index (χ2n) is 9.08. The first-order valence-corrected chi connectivity index (χ1v) is 13.0. The molecule has 1 aliphatic rings. The van der Waals surface area contributed by atoms with E-state index in [9.17, 15) is 18.3 Å². The molecule has 0 bridgehead atoms. The number of rotatable bonds is 8. The number of hydrogen-bond donors (Lipinski definition) is 1. The predicted octanol–water partition coefficient (Wildman–Crippen LogP) is 3.88. The van der Waals surface area contributed by atoms with E-state index in [0.717, 1.165) is 49.8 Å². The van der Waals surface area contributed by atoms with Crippen LogP contribution >= 0.6 is 11.8 Å². The van der Waals surface area contributed by atoms with Crippen LogP contribution in [0.4, 0.5) is 24.7 Å². The SMILES string of the molecule is C[C@@H](Sc1ccc(N2CCN(c3ccc(F)cc3)CC2)nn1)[C@](O)(Cn1cncn1)c1ccc(F)cc1F. The lowest BCUT2D eigenvalue weighted by molar-refractivity contribution is 0.0133. The molecular formula is C26H26F3N7OS. The number of benzene rings is 2. The number of aliphatic hydroxyl groups is 1. The standard InChI is InChI=1S/C26H26F3N7OS/c1-18(26(37,15-36-17-30-16-31-36)22-7-4-20(28)14-23(22)29)38-25-9-8-24(32-33-25)35-12-10-34(11-13-35)21-5-2-19(27)3-6-21/h2-9,14,16-18,37H,10-13,15H2,1H3/t18-,26-/m1/s1. The molecule has 3 heterocycles. The van der Waals surface area contributed by atoms with Crippen molar-refractivity contribution < 1.29 is 18.3 Å². The minimum Gasteiger partial charge on any atom is -0.382 e. The lowest BCUT2D eigenvalue weighted by atomic mass is 9.90. The summed E-state index contributed by atoms with van der Waals surface area (Å²) in [7, 11) is 0. The Morgan fingerprint density at radius 3 is 2.26 bits per heavy atom. The fourth-order valence-electron chi connectivity index (χ4n) is 4.50. The van der Waals surface area contributed by atoms with Crippen molar-refractivity contribution >= 4 is 23.3 Å². The first-order valence-electron chi connectivity index (χ1n) is 12.1. The molecule has 1 fully saturated rings. The molecule has 0 saturated carbocycles. The first-order chi connectivity index (χ1) is 18.3. The van der Waals surface area contributed by atoms with Crippen LogP contribution in [0.1, 0.15) is 12.5 Å². The fourth-order valence-corrected chi connectivity index (χ4v) is 5.50. The van der Waals surface area contributed by atoms with Crippen molar-refractivity contribution in [2.24, 2.45) is 0 Å². The summed E-state index contributed by atoms with van der Waals surface area (Å²) in [4.78, 5) is 8.21. The van der Waals surface area contributed by atoms with Crippen LogP contribution in [0.25, 0.3) is 0 Å². The van der Waals surface area contributed by atoms with Crippen molar-refractivity contribution in [2.45, 2.75) is 29.3 Å². The van der Waals surface area contributed by atoms with Crippen molar-refractivity contribution in [2.75, 3.05) is 36.0 Å². The average Bonchev–Trinajstić information content (AvgIpc) is 3.42. The topological polar surface area (TPSA) is 83.2 Å². The van der Waals surface area contributed by atoms with Gasteiger partial charge in [-0.2, -0.15) is 5.10 Å². The third-order valence-corrected chi connectivity index (χ3v) is 7.86. The molecule has 1 aliphatic heterocycles. The van der Waals surface area contributed by atoms with Gasteiger partial charge in [-0.1, -0.05) is 17.8 Å². The van der Waals surface area contributed by atoms with Gasteiger partial charge in [-0.05, 0) is 49.4 Å². The second-order valence-corrected chi connectivity index (χ2v) is 10.4. The Hall–Kier alpha value is -3.64. The van der Waals surface area contributed by atoms with Gasteiger partial charge in [-0.15, -0.1) is 10.2 Å². The highest BCUT2D eigenvalue weighted by molar-refractivity contribution is 7.99. The van der Waals surface area contributed by atoms with Gasteiger partial charge in [0, 0.05) is 48.7 Å². The van der Waals surface area contributed by atoms with Gasteiger partial charge in [0.1, 0.15) is 40.7 Å². The molecule has 0 aliphatic carbocycles. The smallest absolute Gasteiger partial charge is 0.151 e. The largest absolute Gasteiger partial charge is 0.382 e. The second kappa shape index (κ2) is 11.0. The van der Waals surface area contributed by atoms with E-state index in [1.165, 1.54) is 47.3 Å². The number of nitrogens with zero attached hydrogens (tertiary/aromatic N) is 7. The van der Waals surface area contributed by atoms with Crippen LogP contribution in [0.3, 0.4) is 0 Å². The van der Waals surface area contributed by atoms with E-state index in [-0.39, 0.29) is 17.9 Å². The van der Waals surface area contributed by atoms with Crippen molar-refractivity contribution in [3.63, 3.8) is 0 Å². The van der Waals surface area contributed by atoms with E-state index in [1.807, 2.05) is 12.1 Å². The zero-order valence-corrected chi connectivity index (χ0v) is 21.4. The molecule has 1 saturated heterocycles. The van der Waals surface area contributed by atoms with E-state index < -0.39 is 22.5 Å². The quantitative estimate of drug-likeness (QED) is 0.337. The van der Waals surface area contributed by atoms with Gasteiger partial charge >= 0.3 is 0 Å². The molecular weight excluding hydrogens is 515 g/mol. The monoisotopic (exact) mass is 541 g/mol. The van der Waals surface area contributed by atoms with Gasteiger partial charge < -0.3 is 14.9 Å². The average molecular weight is 542 g/mol. The zero-order valence-electron chi connectivity index (χ0n) is 20.6. The number of anilines is 2. The van der Waals surface area contributed by atoms with E-state index in [1.54, 1.807) is 19.1 Å². The Bertz CT molecular complexity index is 1350. The molecule has 1 N–H and O–H groups in total. The Morgan fingerprint density at radius 1 is 0.921 bits per heavy atom. The summed E-state index contributed by atoms with van der Waals surface area (Å²) in [6.07, 6.45) is 2.75. The molecule has 0 amide bonds. The van der Waals surface area contributed by atoms with E-state index in [4.69, 9.17) is 0 Å². The Balaban J connectivity index is 1.27. The van der Waals surface area contributed by atoms with Gasteiger partial charge in [0.2, 0.25) is 0 Å². The predicted molar refractivity (Wildman–Crippen MR) is 138 cm³/mol. The van der Waals surface area contributed by atoms with Gasteiger partial charge in [0.05, 0.1) is 6.54 Å². The molecule has 5 rings (SSSR count). The van der Waals surface area contributed by atoms with Crippen molar-refractivity contribution in [3.05, 3.63) is 90.3 Å². The molecule has 8 nitrogen and oxygen atoms in total. The minimum atomic E-state index is -1.74. The number of halogens is 3. The van der Waals surface area contributed by atoms with Crippen LogP contribution in [0.15, 0.2) is 72.3 Å². The third kappa shape index (κ3) is 5.60. The van der Waals surface area contributed by atoms with Crippen molar-refractivity contribution in [1.29, 1.82) is 0 Å². The summed E-state index contributed by atoms with van der Waals surface area (Å²) < 4.78 is 43.0. The lowest BCUT2D eigenvalue weighted by Crippen LogP contribution is -2.46. The van der Waals surface area contributed by atoms with Crippen molar-refractivity contribution in [3.8, 4) is 0 Å². The normalized spacial score (nSPS) is 16.3. The number of hydrogen-bond acceptors (Lipinski definition) is 8. The first kappa shape index (κ1) is 26.0. The van der Waals surface area contributed by atoms with E-state index in [2.05, 4.69) is 30.1 Å². The summed E-state index contributed by atoms with van der Waals surface area (Å²) in [6.45, 7) is 4.65. The number of aromatic nitrogens is 5. The van der Waals surface area contributed by atoms with Crippen LogP contribution in [-0.2, 0) is 12.1 Å². The van der Waals surface area contributed by atoms with E-state index in [0.29, 0.717) is 5.03 Å². The highest BCUT2D eigenvalue weighted by Crippen LogP contribution is 2.38. The van der Waals surface area contributed by atoms with Gasteiger partial charge in [0.25, 0.3) is 0 Å². The van der Waals surface area contributed by atoms with Crippen LogP contribution < -0.4 is 9.80 Å². The van der Waals surface area contributed by atoms with E-state index >= 15 is 0 Å². The molecule has 12 heteroatoms. The Morgan fingerprint density at radius 2 is 1.63 bits per heavy atom. The zero-order chi connectivity index (χ0) is 26.7. The fraction of sp³-hybridized carbons (Fsp3) is 0.308. The molecule has 0 unspecified atom stereocenters. The summed E-state index contributed by atoms with van der Waals surface area (Å²) >= 11 is 1.23. The van der Waals surface area contributed by atoms with Crippen molar-refractivity contribution in [1.82, 2.24) is 25.0 Å². The van der Waals surface area contributed by atoms with Gasteiger partial charge in [-0.3, -0.25) is 0 Å². The minimum absolute atomic E-state index is 0.0435. The molecule has 198 valence electrons. The summed E-state index contributed by atoms with van der Waals surface area (Å²) in [5.41, 5.74) is -0.806. The third-order valence-electron chi connectivity index (χ3n) is 6.66. The molecule has 0 spiro atoms. The maximum atomic E-state index is 14.8. The molecule has 2 aromatic heterocycles. The maximum Gasteiger partial charge on any atom is 0.151 e. The summed E-state index contributed by atoms with van der Waals surface area (Å²) in [5, 5.41) is 24.4.